The summed E-state index contributed by atoms with van der Waals surface area (Å²) in [5, 5.41) is 2.66. The molecular formula is C16H18N4O3. The van der Waals surface area contributed by atoms with Crippen molar-refractivity contribution in [1.29, 1.82) is 0 Å². The zero-order chi connectivity index (χ0) is 16.5. The van der Waals surface area contributed by atoms with Crippen LogP contribution in [-0.4, -0.2) is 29.3 Å². The molecule has 120 valence electrons. The summed E-state index contributed by atoms with van der Waals surface area (Å²) >= 11 is 0. The molecule has 0 aliphatic carbocycles. The van der Waals surface area contributed by atoms with Crippen LogP contribution >= 0.6 is 0 Å². The Balaban J connectivity index is 1.61. The lowest BCUT2D eigenvalue weighted by molar-refractivity contribution is -0.122. The summed E-state index contributed by atoms with van der Waals surface area (Å²) in [6, 6.07) is 12.6. The molecule has 7 nitrogen and oxygen atoms in total. The van der Waals surface area contributed by atoms with Crippen LogP contribution in [0.2, 0.25) is 0 Å². The number of H-pyrrole nitrogens is 1. The molecule has 0 spiro atoms. The number of amides is 3. The highest BCUT2D eigenvalue weighted by molar-refractivity contribution is 5.93. The number of aromatic amines is 1. The number of aromatic nitrogens is 1. The second-order valence-electron chi connectivity index (χ2n) is 4.85. The Bertz CT molecular complexity index is 653. The molecule has 1 aromatic carbocycles. The van der Waals surface area contributed by atoms with Crippen LogP contribution in [0, 0.1) is 0 Å². The Labute approximate surface area is 133 Å². The number of carbonyl (C=O) groups is 3. The van der Waals surface area contributed by atoms with E-state index in [-0.39, 0.29) is 31.2 Å². The molecular weight excluding hydrogens is 296 g/mol. The van der Waals surface area contributed by atoms with Crippen LogP contribution in [0.25, 0.3) is 0 Å². The molecule has 0 bridgehead atoms. The van der Waals surface area contributed by atoms with E-state index in [1.807, 2.05) is 30.3 Å². The standard InChI is InChI=1S/C16H18N4O3/c21-14(19-20-16(23)13-7-4-9-17-13)8-10-18-15(22)11-12-5-2-1-3-6-12/h1-7,9,17H,8,10-11H2,(H,18,22)(H,19,21)(H,20,23). The van der Waals surface area contributed by atoms with E-state index in [4.69, 9.17) is 0 Å². The van der Waals surface area contributed by atoms with Crippen molar-refractivity contribution in [2.24, 2.45) is 0 Å². The average Bonchev–Trinajstić information content (AvgIpc) is 3.08. The number of carbonyl (C=O) groups excluding carboxylic acids is 3. The Morgan fingerprint density at radius 2 is 1.70 bits per heavy atom. The van der Waals surface area contributed by atoms with E-state index in [2.05, 4.69) is 21.2 Å². The van der Waals surface area contributed by atoms with Crippen LogP contribution in [0.4, 0.5) is 0 Å². The summed E-state index contributed by atoms with van der Waals surface area (Å²) in [6.07, 6.45) is 1.95. The lowest BCUT2D eigenvalue weighted by Crippen LogP contribution is -2.43. The summed E-state index contributed by atoms with van der Waals surface area (Å²) < 4.78 is 0. The highest BCUT2D eigenvalue weighted by Crippen LogP contribution is 1.99. The van der Waals surface area contributed by atoms with Crippen molar-refractivity contribution in [1.82, 2.24) is 21.2 Å². The second-order valence-corrected chi connectivity index (χ2v) is 4.85. The van der Waals surface area contributed by atoms with E-state index in [9.17, 15) is 14.4 Å². The summed E-state index contributed by atoms with van der Waals surface area (Å²) in [4.78, 5) is 37.6. The van der Waals surface area contributed by atoms with Gasteiger partial charge in [0.05, 0.1) is 6.42 Å². The number of hydrogen-bond acceptors (Lipinski definition) is 3. The van der Waals surface area contributed by atoms with Crippen molar-refractivity contribution >= 4 is 17.7 Å². The van der Waals surface area contributed by atoms with Gasteiger partial charge < -0.3 is 10.3 Å². The lowest BCUT2D eigenvalue weighted by atomic mass is 10.1. The second kappa shape index (κ2) is 8.38. The maximum atomic E-state index is 11.7. The van der Waals surface area contributed by atoms with E-state index in [1.165, 1.54) is 0 Å². The number of hydrazine groups is 1. The van der Waals surface area contributed by atoms with Gasteiger partial charge in [0.2, 0.25) is 11.8 Å². The number of rotatable bonds is 6. The summed E-state index contributed by atoms with van der Waals surface area (Å²) in [5.74, 6) is -0.971. The van der Waals surface area contributed by atoms with Crippen molar-refractivity contribution in [3.63, 3.8) is 0 Å². The molecule has 7 heteroatoms. The molecule has 23 heavy (non-hydrogen) atoms. The van der Waals surface area contributed by atoms with E-state index < -0.39 is 5.91 Å². The molecule has 2 rings (SSSR count). The largest absolute Gasteiger partial charge is 0.357 e. The van der Waals surface area contributed by atoms with Gasteiger partial charge in [0.1, 0.15) is 5.69 Å². The molecule has 3 amide bonds. The predicted molar refractivity (Wildman–Crippen MR) is 84.2 cm³/mol. The van der Waals surface area contributed by atoms with E-state index in [1.54, 1.807) is 18.3 Å². The average molecular weight is 314 g/mol. The molecule has 1 heterocycles. The van der Waals surface area contributed by atoms with Gasteiger partial charge in [-0.3, -0.25) is 25.2 Å². The van der Waals surface area contributed by atoms with Gasteiger partial charge in [-0.1, -0.05) is 30.3 Å². The fraction of sp³-hybridized carbons (Fsp3) is 0.188. The van der Waals surface area contributed by atoms with Crippen LogP contribution in [0.1, 0.15) is 22.5 Å². The molecule has 0 fully saturated rings. The van der Waals surface area contributed by atoms with Crippen molar-refractivity contribution in [3.8, 4) is 0 Å². The molecule has 0 unspecified atom stereocenters. The quantitative estimate of drug-likeness (QED) is 0.585. The molecule has 0 radical (unpaired) electrons. The molecule has 4 N–H and O–H groups in total. The molecule has 0 saturated carbocycles. The summed E-state index contributed by atoms with van der Waals surface area (Å²) in [6.45, 7) is 0.204. The lowest BCUT2D eigenvalue weighted by Gasteiger charge is -2.07. The first-order valence-electron chi connectivity index (χ1n) is 7.18. The zero-order valence-corrected chi connectivity index (χ0v) is 12.5. The third-order valence-electron chi connectivity index (χ3n) is 3.04. The minimum Gasteiger partial charge on any atom is -0.357 e. The minimum atomic E-state index is -0.434. The first-order chi connectivity index (χ1) is 11.1. The van der Waals surface area contributed by atoms with Gasteiger partial charge in [-0.25, -0.2) is 0 Å². The highest BCUT2D eigenvalue weighted by Gasteiger charge is 2.08. The van der Waals surface area contributed by atoms with Crippen molar-refractivity contribution in [2.75, 3.05) is 6.54 Å². The maximum Gasteiger partial charge on any atom is 0.286 e. The van der Waals surface area contributed by atoms with Gasteiger partial charge in [-0.2, -0.15) is 0 Å². The molecule has 2 aromatic rings. The molecule has 0 atom stereocenters. The van der Waals surface area contributed by atoms with Crippen LogP contribution in [0.5, 0.6) is 0 Å². The van der Waals surface area contributed by atoms with Crippen molar-refractivity contribution < 1.29 is 14.4 Å². The smallest absolute Gasteiger partial charge is 0.286 e. The van der Waals surface area contributed by atoms with Crippen LogP contribution in [0.15, 0.2) is 48.7 Å². The third-order valence-corrected chi connectivity index (χ3v) is 3.04. The number of nitrogens with one attached hydrogen (secondary N) is 4. The van der Waals surface area contributed by atoms with E-state index in [0.717, 1.165) is 5.56 Å². The van der Waals surface area contributed by atoms with Gasteiger partial charge in [0.25, 0.3) is 5.91 Å². The van der Waals surface area contributed by atoms with Crippen LogP contribution < -0.4 is 16.2 Å². The Hall–Kier alpha value is -3.09. The third kappa shape index (κ3) is 5.66. The van der Waals surface area contributed by atoms with Gasteiger partial charge in [0, 0.05) is 19.2 Å². The maximum absolute atomic E-state index is 11.7. The van der Waals surface area contributed by atoms with Gasteiger partial charge in [-0.05, 0) is 17.7 Å². The first kappa shape index (κ1) is 16.3. The Morgan fingerprint density at radius 3 is 2.39 bits per heavy atom. The Morgan fingerprint density at radius 1 is 0.913 bits per heavy atom. The molecule has 1 aromatic heterocycles. The van der Waals surface area contributed by atoms with Crippen LogP contribution in [-0.2, 0) is 16.0 Å². The topological polar surface area (TPSA) is 103 Å². The van der Waals surface area contributed by atoms with Crippen molar-refractivity contribution in [3.05, 3.63) is 59.9 Å². The number of hydrogen-bond donors (Lipinski definition) is 4. The van der Waals surface area contributed by atoms with E-state index in [0.29, 0.717) is 5.69 Å². The predicted octanol–water partition coefficient (Wildman–Crippen LogP) is 0.525. The monoisotopic (exact) mass is 314 g/mol. The summed E-state index contributed by atoms with van der Waals surface area (Å²) in [7, 11) is 0. The van der Waals surface area contributed by atoms with Gasteiger partial charge in [0.15, 0.2) is 0 Å². The highest BCUT2D eigenvalue weighted by atomic mass is 16.2. The van der Waals surface area contributed by atoms with Crippen molar-refractivity contribution in [2.45, 2.75) is 12.8 Å². The van der Waals surface area contributed by atoms with Gasteiger partial charge in [-0.15, -0.1) is 0 Å². The molecule has 0 aliphatic heterocycles. The van der Waals surface area contributed by atoms with E-state index >= 15 is 0 Å². The van der Waals surface area contributed by atoms with Crippen LogP contribution in [0.3, 0.4) is 0 Å². The Kier molecular flexibility index (Phi) is 5.93. The SMILES string of the molecule is O=C(Cc1ccccc1)NCCC(=O)NNC(=O)c1ccc[nH]1. The minimum absolute atomic E-state index is 0.0749. The number of benzene rings is 1. The first-order valence-corrected chi connectivity index (χ1v) is 7.18. The zero-order valence-electron chi connectivity index (χ0n) is 12.5. The molecule has 0 saturated heterocycles. The van der Waals surface area contributed by atoms with Gasteiger partial charge >= 0.3 is 0 Å². The fourth-order valence-corrected chi connectivity index (χ4v) is 1.89. The molecule has 0 aliphatic rings. The summed E-state index contributed by atoms with van der Waals surface area (Å²) in [5.41, 5.74) is 5.82. The fourth-order valence-electron chi connectivity index (χ4n) is 1.89. The normalized spacial score (nSPS) is 9.91.